The molecule has 0 amide bonds. The van der Waals surface area contributed by atoms with E-state index in [1.807, 2.05) is 0 Å². The van der Waals surface area contributed by atoms with Crippen LogP contribution in [0.4, 0.5) is 0 Å². The van der Waals surface area contributed by atoms with E-state index < -0.39 is 0 Å². The summed E-state index contributed by atoms with van der Waals surface area (Å²) in [5.41, 5.74) is 0. The van der Waals surface area contributed by atoms with Crippen molar-refractivity contribution in [2.24, 2.45) is 0 Å². The molecule has 0 saturated heterocycles. The molecule has 0 heterocycles. The first-order valence-electron chi connectivity index (χ1n) is 4.17. The van der Waals surface area contributed by atoms with Crippen LogP contribution in [0.3, 0.4) is 0 Å². The van der Waals surface area contributed by atoms with E-state index in [0.29, 0.717) is 32.3 Å². The third-order valence-electron chi connectivity index (χ3n) is 1.54. The predicted octanol–water partition coefficient (Wildman–Crippen LogP) is 1.26. The molecule has 0 saturated carbocycles. The second-order valence-electron chi connectivity index (χ2n) is 2.63. The quantitative estimate of drug-likeness (QED) is 0.516. The van der Waals surface area contributed by atoms with Crippen molar-refractivity contribution in [3.8, 4) is 0 Å². The SMILES string of the molecule is COCCCC(=O)CCC[C]=O. The van der Waals surface area contributed by atoms with E-state index in [-0.39, 0.29) is 5.78 Å². The van der Waals surface area contributed by atoms with E-state index in [9.17, 15) is 9.59 Å². The summed E-state index contributed by atoms with van der Waals surface area (Å²) in [6.45, 7) is 0.631. The number of Topliss-reactive ketones (excluding diaryl/α,β-unsaturated/α-hetero) is 1. The van der Waals surface area contributed by atoms with Gasteiger partial charge in [0.2, 0.25) is 0 Å². The number of ether oxygens (including phenoxy) is 1. The molecule has 12 heavy (non-hydrogen) atoms. The Morgan fingerprint density at radius 1 is 1.33 bits per heavy atom. The van der Waals surface area contributed by atoms with Crippen LogP contribution >= 0.6 is 0 Å². The van der Waals surface area contributed by atoms with Crippen LogP contribution in [0.25, 0.3) is 0 Å². The molecule has 1 radical (unpaired) electrons. The zero-order valence-electron chi connectivity index (χ0n) is 7.47. The van der Waals surface area contributed by atoms with E-state index in [0.717, 1.165) is 6.42 Å². The lowest BCUT2D eigenvalue weighted by atomic mass is 10.1. The first kappa shape index (κ1) is 11.3. The smallest absolute Gasteiger partial charge is 0.198 e. The van der Waals surface area contributed by atoms with E-state index >= 15 is 0 Å². The minimum Gasteiger partial charge on any atom is -0.385 e. The summed E-state index contributed by atoms with van der Waals surface area (Å²) in [6.07, 6.45) is 4.61. The van der Waals surface area contributed by atoms with Gasteiger partial charge in [-0.05, 0) is 12.8 Å². The molecule has 0 aliphatic heterocycles. The molecule has 3 heteroatoms. The van der Waals surface area contributed by atoms with Crippen LogP contribution in [-0.2, 0) is 14.3 Å². The molecule has 3 nitrogen and oxygen atoms in total. The molecule has 0 aromatic carbocycles. The fourth-order valence-electron chi connectivity index (χ4n) is 0.896. The van der Waals surface area contributed by atoms with Gasteiger partial charge in [-0.1, -0.05) is 0 Å². The molecule has 0 aliphatic rings. The zero-order valence-corrected chi connectivity index (χ0v) is 7.47. The third kappa shape index (κ3) is 7.41. The van der Waals surface area contributed by atoms with Crippen LogP contribution in [-0.4, -0.2) is 25.8 Å². The van der Waals surface area contributed by atoms with E-state index in [1.54, 1.807) is 13.4 Å². The Morgan fingerprint density at radius 3 is 2.58 bits per heavy atom. The average molecular weight is 171 g/mol. The first-order valence-corrected chi connectivity index (χ1v) is 4.17. The molecule has 0 atom stereocenters. The molecule has 0 unspecified atom stereocenters. The maximum absolute atomic E-state index is 11.0. The Kier molecular flexibility index (Phi) is 7.91. The second kappa shape index (κ2) is 8.40. The highest BCUT2D eigenvalue weighted by Gasteiger charge is 2.00. The van der Waals surface area contributed by atoms with Gasteiger partial charge in [-0.2, -0.15) is 0 Å². The number of rotatable bonds is 8. The van der Waals surface area contributed by atoms with Crippen LogP contribution in [0.2, 0.25) is 0 Å². The van der Waals surface area contributed by atoms with Gasteiger partial charge in [0.1, 0.15) is 5.78 Å². The van der Waals surface area contributed by atoms with Crippen LogP contribution in [0.15, 0.2) is 0 Å². The predicted molar refractivity (Wildman–Crippen MR) is 45.7 cm³/mol. The highest BCUT2D eigenvalue weighted by Crippen LogP contribution is 2.00. The topological polar surface area (TPSA) is 43.4 Å². The van der Waals surface area contributed by atoms with Gasteiger partial charge < -0.3 is 4.74 Å². The molecule has 0 spiro atoms. The number of carbonyl (C=O) groups is 1. The van der Waals surface area contributed by atoms with Gasteiger partial charge in [-0.3, -0.25) is 9.59 Å². The molecule has 0 bridgehead atoms. The van der Waals surface area contributed by atoms with Crippen molar-refractivity contribution in [2.75, 3.05) is 13.7 Å². The molecule has 0 rings (SSSR count). The third-order valence-corrected chi connectivity index (χ3v) is 1.54. The van der Waals surface area contributed by atoms with Crippen LogP contribution in [0.1, 0.15) is 32.1 Å². The summed E-state index contributed by atoms with van der Waals surface area (Å²) in [6, 6.07) is 0. The van der Waals surface area contributed by atoms with Crippen LogP contribution < -0.4 is 0 Å². The fraction of sp³-hybridized carbons (Fsp3) is 0.778. The van der Waals surface area contributed by atoms with Gasteiger partial charge in [0.25, 0.3) is 0 Å². The minimum atomic E-state index is 0.210. The summed E-state index contributed by atoms with van der Waals surface area (Å²) in [4.78, 5) is 20.8. The van der Waals surface area contributed by atoms with Crippen molar-refractivity contribution in [3.63, 3.8) is 0 Å². The Balaban J connectivity index is 3.15. The lowest BCUT2D eigenvalue weighted by Crippen LogP contribution is -2.00. The van der Waals surface area contributed by atoms with E-state index in [1.165, 1.54) is 0 Å². The van der Waals surface area contributed by atoms with Crippen molar-refractivity contribution in [2.45, 2.75) is 32.1 Å². The van der Waals surface area contributed by atoms with Crippen molar-refractivity contribution in [1.29, 1.82) is 0 Å². The fourth-order valence-corrected chi connectivity index (χ4v) is 0.896. The van der Waals surface area contributed by atoms with Crippen LogP contribution in [0, 0.1) is 0 Å². The largest absolute Gasteiger partial charge is 0.385 e. The van der Waals surface area contributed by atoms with Crippen molar-refractivity contribution in [1.82, 2.24) is 0 Å². The maximum atomic E-state index is 11.0. The highest BCUT2D eigenvalue weighted by atomic mass is 16.5. The normalized spacial score (nSPS) is 9.75. The van der Waals surface area contributed by atoms with Gasteiger partial charge >= 0.3 is 0 Å². The summed E-state index contributed by atoms with van der Waals surface area (Å²) < 4.78 is 4.80. The summed E-state index contributed by atoms with van der Waals surface area (Å²) >= 11 is 0. The number of ketones is 1. The Labute approximate surface area is 73.1 Å². The maximum Gasteiger partial charge on any atom is 0.198 e. The Bertz CT molecular complexity index is 132. The minimum absolute atomic E-state index is 0.210. The Morgan fingerprint density at radius 2 is 2.00 bits per heavy atom. The lowest BCUT2D eigenvalue weighted by Gasteiger charge is -1.98. The van der Waals surface area contributed by atoms with E-state index in [2.05, 4.69) is 0 Å². The molecule has 0 aliphatic carbocycles. The number of hydrogen-bond acceptors (Lipinski definition) is 3. The van der Waals surface area contributed by atoms with Crippen molar-refractivity contribution < 1.29 is 14.3 Å². The molecule has 69 valence electrons. The van der Waals surface area contributed by atoms with Crippen LogP contribution in [0.5, 0.6) is 0 Å². The number of hydrogen-bond donors (Lipinski definition) is 0. The van der Waals surface area contributed by atoms with Gasteiger partial charge in [-0.25, -0.2) is 0 Å². The monoisotopic (exact) mass is 171 g/mol. The average Bonchev–Trinajstić information content (AvgIpc) is 2.06. The molecular formula is C9H15O3. The standard InChI is InChI=1S/C9H15O3/c1-12-8-4-6-9(11)5-2-3-7-10/h2-6,8H2,1H3. The van der Waals surface area contributed by atoms with Gasteiger partial charge in [0.15, 0.2) is 6.29 Å². The molecule has 0 fully saturated rings. The second-order valence-corrected chi connectivity index (χ2v) is 2.63. The zero-order chi connectivity index (χ0) is 9.23. The summed E-state index contributed by atoms with van der Waals surface area (Å²) in [5.74, 6) is 0.210. The molecule has 0 N–H and O–H groups in total. The molecular weight excluding hydrogens is 156 g/mol. The summed E-state index contributed by atoms with van der Waals surface area (Å²) in [7, 11) is 1.62. The number of unbranched alkanes of at least 4 members (excludes halogenated alkanes) is 1. The summed E-state index contributed by atoms with van der Waals surface area (Å²) in [5, 5.41) is 0. The van der Waals surface area contributed by atoms with Gasteiger partial charge in [0.05, 0.1) is 0 Å². The number of methoxy groups -OCH3 is 1. The molecule has 0 aromatic heterocycles. The van der Waals surface area contributed by atoms with Gasteiger partial charge in [0, 0.05) is 33.0 Å². The van der Waals surface area contributed by atoms with Crippen molar-refractivity contribution >= 4 is 12.1 Å². The molecule has 0 aromatic rings. The van der Waals surface area contributed by atoms with E-state index in [4.69, 9.17) is 4.74 Å². The van der Waals surface area contributed by atoms with Gasteiger partial charge in [-0.15, -0.1) is 0 Å². The first-order chi connectivity index (χ1) is 5.81. The Hall–Kier alpha value is -0.700. The highest BCUT2D eigenvalue weighted by molar-refractivity contribution is 5.78. The lowest BCUT2D eigenvalue weighted by molar-refractivity contribution is -0.119. The van der Waals surface area contributed by atoms with Crippen molar-refractivity contribution in [3.05, 3.63) is 0 Å². The number of carbonyl (C=O) groups excluding carboxylic acids is 2.